The molecule has 0 saturated carbocycles. The molecule has 19 heteroatoms. The fourth-order valence-corrected chi connectivity index (χ4v) is 10.6. The zero-order chi connectivity index (χ0) is 60.4. The number of hydrogen-bond donors (Lipinski definition) is 3. The molecule has 0 amide bonds. The van der Waals surface area contributed by atoms with Gasteiger partial charge < -0.3 is 33.8 Å². The summed E-state index contributed by atoms with van der Waals surface area (Å²) in [6.07, 6.45) is 31.0. The van der Waals surface area contributed by atoms with Crippen LogP contribution in [0, 0.1) is 23.7 Å². The average Bonchev–Trinajstić information content (AvgIpc) is 3.41. The summed E-state index contributed by atoms with van der Waals surface area (Å²) in [6, 6.07) is 0. The average molecular weight is 1200 g/mol. The first-order chi connectivity index (χ1) is 38.6. The molecule has 3 N–H and O–H groups in total. The molecule has 0 fully saturated rings. The maximum Gasteiger partial charge on any atom is 0.472 e. The van der Waals surface area contributed by atoms with Gasteiger partial charge in [-0.05, 0) is 49.4 Å². The number of phosphoric acid groups is 2. The molecule has 81 heavy (non-hydrogen) atoms. The van der Waals surface area contributed by atoms with E-state index in [0.717, 1.165) is 109 Å². The number of carbonyl (C=O) groups excluding carboxylic acids is 4. The monoisotopic (exact) mass is 1200 g/mol. The van der Waals surface area contributed by atoms with Crippen molar-refractivity contribution in [3.8, 4) is 0 Å². The number of aliphatic hydroxyl groups excluding tert-OH is 1. The molecule has 0 aliphatic heterocycles. The second-order valence-corrected chi connectivity index (χ2v) is 27.0. The summed E-state index contributed by atoms with van der Waals surface area (Å²) in [6.45, 7) is 13.9. The quantitative estimate of drug-likeness (QED) is 0.0222. The number of ether oxygens (including phenoxy) is 4. The first-order valence-electron chi connectivity index (χ1n) is 32.2. The van der Waals surface area contributed by atoms with E-state index in [4.69, 9.17) is 37.0 Å². The summed E-state index contributed by atoms with van der Waals surface area (Å²) in [5.41, 5.74) is 0. The summed E-state index contributed by atoms with van der Waals surface area (Å²) < 4.78 is 67.9. The molecule has 0 heterocycles. The minimum atomic E-state index is -4.94. The van der Waals surface area contributed by atoms with E-state index in [1.165, 1.54) is 83.5 Å². The van der Waals surface area contributed by atoms with Crippen molar-refractivity contribution in [1.29, 1.82) is 0 Å². The van der Waals surface area contributed by atoms with Crippen LogP contribution in [0.5, 0.6) is 0 Å². The van der Waals surface area contributed by atoms with E-state index in [0.29, 0.717) is 43.4 Å². The first-order valence-corrected chi connectivity index (χ1v) is 35.2. The number of rotatable bonds is 59. The molecule has 0 bridgehead atoms. The minimum absolute atomic E-state index is 0.102. The third kappa shape index (κ3) is 55.7. The Morgan fingerprint density at radius 1 is 0.346 bits per heavy atom. The van der Waals surface area contributed by atoms with Gasteiger partial charge in [-0.2, -0.15) is 0 Å². The molecule has 0 aromatic heterocycles. The van der Waals surface area contributed by atoms with Gasteiger partial charge in [0.2, 0.25) is 0 Å². The Morgan fingerprint density at radius 3 is 0.877 bits per heavy atom. The van der Waals surface area contributed by atoms with Crippen LogP contribution in [0.25, 0.3) is 0 Å². The predicted octanol–water partition coefficient (Wildman–Crippen LogP) is 16.6. The standard InChI is InChI=1S/C62H120O17P2/c1-9-55(8)41-33-25-16-10-11-17-28-36-44-61(66)78-58(49-73-60(65)43-35-27-21-20-24-32-40-54(6)7)51-77-81(70,71)75-47-56(63)46-74-80(68,69)76-50-57(79-62(67)45-37-29-19-13-15-23-31-39-53(4)5)48-72-59(64)42-34-26-18-12-14-22-30-38-52(2)3/h52-58,63H,9-51H2,1-8H3,(H,68,69)(H,70,71)/t55?,56?,57-,58-/m1/s1. The van der Waals surface area contributed by atoms with Crippen LogP contribution in [0.2, 0.25) is 0 Å². The van der Waals surface area contributed by atoms with Gasteiger partial charge in [-0.25, -0.2) is 9.13 Å². The van der Waals surface area contributed by atoms with E-state index in [1.54, 1.807) is 0 Å². The van der Waals surface area contributed by atoms with Crippen LogP contribution in [0.3, 0.4) is 0 Å². The normalized spacial score (nSPS) is 14.8. The predicted molar refractivity (Wildman–Crippen MR) is 321 cm³/mol. The Labute approximate surface area is 492 Å². The van der Waals surface area contributed by atoms with Gasteiger partial charge in [0.05, 0.1) is 26.4 Å². The second-order valence-electron chi connectivity index (χ2n) is 24.1. The molecule has 0 aromatic rings. The Bertz CT molecular complexity index is 1630. The second kappa shape index (κ2) is 52.4. The smallest absolute Gasteiger partial charge is 0.462 e. The fraction of sp³-hybridized carbons (Fsp3) is 0.935. The van der Waals surface area contributed by atoms with Crippen molar-refractivity contribution in [1.82, 2.24) is 0 Å². The van der Waals surface area contributed by atoms with Gasteiger partial charge in [0.25, 0.3) is 0 Å². The third-order valence-electron chi connectivity index (χ3n) is 14.4. The van der Waals surface area contributed by atoms with E-state index in [-0.39, 0.29) is 25.7 Å². The number of esters is 4. The van der Waals surface area contributed by atoms with Gasteiger partial charge in [-0.3, -0.25) is 37.3 Å². The number of aliphatic hydroxyl groups is 1. The van der Waals surface area contributed by atoms with Gasteiger partial charge in [-0.1, -0.05) is 242 Å². The molecule has 6 atom stereocenters. The zero-order valence-electron chi connectivity index (χ0n) is 52.4. The zero-order valence-corrected chi connectivity index (χ0v) is 54.2. The molecule has 0 aliphatic rings. The Hall–Kier alpha value is -1.94. The van der Waals surface area contributed by atoms with Crippen LogP contribution in [0.15, 0.2) is 0 Å². The van der Waals surface area contributed by atoms with E-state index < -0.39 is 97.5 Å². The van der Waals surface area contributed by atoms with E-state index in [9.17, 15) is 43.2 Å². The SMILES string of the molecule is CCC(C)CCCCCCCCCCC(=O)O[C@H](COC(=O)CCCCCCCCC(C)C)COP(=O)(O)OCC(O)COP(=O)(O)OC[C@@H](COC(=O)CCCCCCCCCC(C)C)OC(=O)CCCCCCCCCC(C)C. The van der Waals surface area contributed by atoms with Crippen molar-refractivity contribution in [3.63, 3.8) is 0 Å². The lowest BCUT2D eigenvalue weighted by Gasteiger charge is -2.21. The number of unbranched alkanes of at least 4 members (excludes halogenated alkanes) is 24. The molecule has 0 aromatic carbocycles. The summed E-state index contributed by atoms with van der Waals surface area (Å²) in [5.74, 6) is 0.703. The topological polar surface area (TPSA) is 237 Å². The van der Waals surface area contributed by atoms with Crippen molar-refractivity contribution in [2.75, 3.05) is 39.6 Å². The Kier molecular flexibility index (Phi) is 51.1. The molecular weight excluding hydrogens is 1080 g/mol. The first kappa shape index (κ1) is 79.1. The fourth-order valence-electron chi connectivity index (χ4n) is 9.04. The van der Waals surface area contributed by atoms with Crippen molar-refractivity contribution in [2.45, 2.75) is 311 Å². The van der Waals surface area contributed by atoms with E-state index in [2.05, 4.69) is 55.4 Å². The maximum absolute atomic E-state index is 12.9. The minimum Gasteiger partial charge on any atom is -0.462 e. The molecule has 4 unspecified atom stereocenters. The van der Waals surface area contributed by atoms with Gasteiger partial charge in [0.1, 0.15) is 19.3 Å². The summed E-state index contributed by atoms with van der Waals surface area (Å²) in [5, 5.41) is 10.5. The van der Waals surface area contributed by atoms with Crippen LogP contribution < -0.4 is 0 Å². The third-order valence-corrected chi connectivity index (χ3v) is 16.3. The Balaban J connectivity index is 5.25. The van der Waals surface area contributed by atoms with Crippen LogP contribution in [-0.2, 0) is 65.4 Å². The van der Waals surface area contributed by atoms with E-state index >= 15 is 0 Å². The molecular formula is C62H120O17P2. The summed E-state index contributed by atoms with van der Waals surface area (Å²) >= 11 is 0. The highest BCUT2D eigenvalue weighted by molar-refractivity contribution is 7.47. The highest BCUT2D eigenvalue weighted by atomic mass is 31.2. The van der Waals surface area contributed by atoms with Gasteiger partial charge in [0.15, 0.2) is 12.2 Å². The van der Waals surface area contributed by atoms with Crippen LogP contribution >= 0.6 is 15.6 Å². The van der Waals surface area contributed by atoms with Crippen molar-refractivity contribution in [3.05, 3.63) is 0 Å². The molecule has 17 nitrogen and oxygen atoms in total. The lowest BCUT2D eigenvalue weighted by molar-refractivity contribution is -0.161. The van der Waals surface area contributed by atoms with Crippen molar-refractivity contribution in [2.24, 2.45) is 23.7 Å². The van der Waals surface area contributed by atoms with E-state index in [1.807, 2.05) is 0 Å². The number of hydrogen-bond acceptors (Lipinski definition) is 15. The molecule has 480 valence electrons. The molecule has 0 saturated heterocycles. The molecule has 0 rings (SSSR count). The largest absolute Gasteiger partial charge is 0.472 e. The Morgan fingerprint density at radius 2 is 0.593 bits per heavy atom. The summed E-state index contributed by atoms with van der Waals surface area (Å²) in [7, 11) is -9.88. The lowest BCUT2D eigenvalue weighted by Crippen LogP contribution is -2.30. The highest BCUT2D eigenvalue weighted by Gasteiger charge is 2.30. The number of phosphoric ester groups is 2. The van der Waals surface area contributed by atoms with Crippen LogP contribution in [0.1, 0.15) is 293 Å². The molecule has 0 radical (unpaired) electrons. The van der Waals surface area contributed by atoms with Gasteiger partial charge >= 0.3 is 39.5 Å². The highest BCUT2D eigenvalue weighted by Crippen LogP contribution is 2.45. The van der Waals surface area contributed by atoms with Crippen LogP contribution in [0.4, 0.5) is 0 Å². The lowest BCUT2D eigenvalue weighted by atomic mass is 9.99. The summed E-state index contributed by atoms with van der Waals surface area (Å²) in [4.78, 5) is 72.1. The van der Waals surface area contributed by atoms with Crippen molar-refractivity contribution < 1.29 is 80.2 Å². The molecule has 0 aliphatic carbocycles. The molecule has 0 spiro atoms. The van der Waals surface area contributed by atoms with Gasteiger partial charge in [-0.15, -0.1) is 0 Å². The number of carbonyl (C=O) groups is 4. The van der Waals surface area contributed by atoms with Gasteiger partial charge in [0, 0.05) is 25.7 Å². The maximum atomic E-state index is 12.9. The van der Waals surface area contributed by atoms with Crippen LogP contribution in [-0.4, -0.2) is 96.7 Å². The van der Waals surface area contributed by atoms with Crippen molar-refractivity contribution >= 4 is 39.5 Å².